The van der Waals surface area contributed by atoms with E-state index in [-0.39, 0.29) is 0 Å². The van der Waals surface area contributed by atoms with Crippen molar-refractivity contribution in [1.29, 1.82) is 0 Å². The van der Waals surface area contributed by atoms with Crippen molar-refractivity contribution in [1.82, 2.24) is 4.98 Å². The van der Waals surface area contributed by atoms with Crippen LogP contribution in [0.1, 0.15) is 24.3 Å². The number of H-pyrrole nitrogens is 1. The number of fused-ring (bicyclic) bond motifs is 1. The standard InChI is InChI=1S/C11H10ClN/c12-8-3-4-11-9(5-8)10(6-13-11)7-1-2-7/h3-7,13H,1-2H2. The predicted molar refractivity (Wildman–Crippen MR) is 55.3 cm³/mol. The van der Waals surface area contributed by atoms with Crippen LogP contribution in [0.25, 0.3) is 10.9 Å². The van der Waals surface area contributed by atoms with Crippen LogP contribution in [0.2, 0.25) is 5.02 Å². The van der Waals surface area contributed by atoms with Crippen LogP contribution in [0.4, 0.5) is 0 Å². The number of halogens is 1. The molecule has 1 aromatic carbocycles. The van der Waals surface area contributed by atoms with Crippen molar-refractivity contribution in [3.63, 3.8) is 0 Å². The summed E-state index contributed by atoms with van der Waals surface area (Å²) >= 11 is 5.96. The Morgan fingerprint density at radius 3 is 2.92 bits per heavy atom. The summed E-state index contributed by atoms with van der Waals surface area (Å²) in [6, 6.07) is 6.03. The van der Waals surface area contributed by atoms with Crippen LogP contribution >= 0.6 is 11.6 Å². The summed E-state index contributed by atoms with van der Waals surface area (Å²) in [5.41, 5.74) is 2.64. The molecule has 1 aliphatic carbocycles. The number of benzene rings is 1. The van der Waals surface area contributed by atoms with Gasteiger partial charge in [-0.25, -0.2) is 0 Å². The Morgan fingerprint density at radius 2 is 2.15 bits per heavy atom. The molecule has 0 bridgehead atoms. The van der Waals surface area contributed by atoms with Gasteiger partial charge in [-0.3, -0.25) is 0 Å². The topological polar surface area (TPSA) is 15.8 Å². The van der Waals surface area contributed by atoms with Gasteiger partial charge in [-0.15, -0.1) is 0 Å². The third kappa shape index (κ3) is 1.15. The molecular formula is C11H10ClN. The molecule has 0 amide bonds. The monoisotopic (exact) mass is 191 g/mol. The van der Waals surface area contributed by atoms with Crippen LogP contribution in [0, 0.1) is 0 Å². The second kappa shape index (κ2) is 2.52. The molecule has 1 aliphatic rings. The molecule has 13 heavy (non-hydrogen) atoms. The number of nitrogens with one attached hydrogen (secondary N) is 1. The molecule has 0 radical (unpaired) electrons. The average Bonchev–Trinajstić information content (AvgIpc) is 2.87. The number of aromatic amines is 1. The molecule has 1 saturated carbocycles. The molecule has 1 aromatic heterocycles. The summed E-state index contributed by atoms with van der Waals surface area (Å²) < 4.78 is 0. The third-order valence-electron chi connectivity index (χ3n) is 2.69. The molecule has 2 aromatic rings. The van der Waals surface area contributed by atoms with E-state index in [2.05, 4.69) is 17.2 Å². The van der Waals surface area contributed by atoms with Crippen molar-refractivity contribution in [3.8, 4) is 0 Å². The summed E-state index contributed by atoms with van der Waals surface area (Å²) in [4.78, 5) is 3.28. The molecule has 1 nitrogen and oxygen atoms in total. The Labute approximate surface area is 81.7 Å². The van der Waals surface area contributed by atoms with Crippen LogP contribution < -0.4 is 0 Å². The van der Waals surface area contributed by atoms with Gasteiger partial charge in [-0.2, -0.15) is 0 Å². The van der Waals surface area contributed by atoms with Crippen molar-refractivity contribution in [2.75, 3.05) is 0 Å². The van der Waals surface area contributed by atoms with E-state index in [1.807, 2.05) is 12.1 Å². The first-order valence-electron chi connectivity index (χ1n) is 4.61. The zero-order chi connectivity index (χ0) is 8.84. The van der Waals surface area contributed by atoms with Gasteiger partial charge in [-0.05, 0) is 42.5 Å². The number of hydrogen-bond acceptors (Lipinski definition) is 0. The normalized spacial score (nSPS) is 16.7. The Balaban J connectivity index is 2.29. The van der Waals surface area contributed by atoms with Gasteiger partial charge in [0.25, 0.3) is 0 Å². The molecular weight excluding hydrogens is 182 g/mol. The van der Waals surface area contributed by atoms with Crippen molar-refractivity contribution < 1.29 is 0 Å². The number of hydrogen-bond donors (Lipinski definition) is 1. The van der Waals surface area contributed by atoms with Gasteiger partial charge in [0.05, 0.1) is 0 Å². The van der Waals surface area contributed by atoms with Gasteiger partial charge >= 0.3 is 0 Å². The highest BCUT2D eigenvalue weighted by Gasteiger charge is 2.25. The van der Waals surface area contributed by atoms with E-state index in [1.165, 1.54) is 29.3 Å². The SMILES string of the molecule is Clc1ccc2[nH]cc(C3CC3)c2c1. The first-order valence-corrected chi connectivity index (χ1v) is 4.99. The van der Waals surface area contributed by atoms with E-state index >= 15 is 0 Å². The zero-order valence-corrected chi connectivity index (χ0v) is 7.93. The summed E-state index contributed by atoms with van der Waals surface area (Å²) in [5, 5.41) is 2.13. The Kier molecular flexibility index (Phi) is 1.44. The van der Waals surface area contributed by atoms with Gasteiger partial charge < -0.3 is 4.98 Å². The molecule has 3 rings (SSSR count). The minimum atomic E-state index is 0.784. The smallest absolute Gasteiger partial charge is 0.0457 e. The van der Waals surface area contributed by atoms with E-state index < -0.39 is 0 Å². The number of aromatic nitrogens is 1. The second-order valence-electron chi connectivity index (χ2n) is 3.71. The van der Waals surface area contributed by atoms with Crippen LogP contribution in [-0.4, -0.2) is 4.98 Å². The van der Waals surface area contributed by atoms with Crippen molar-refractivity contribution >= 4 is 22.5 Å². The van der Waals surface area contributed by atoms with Crippen molar-refractivity contribution in [2.24, 2.45) is 0 Å². The van der Waals surface area contributed by atoms with E-state index in [4.69, 9.17) is 11.6 Å². The van der Waals surface area contributed by atoms with Crippen molar-refractivity contribution in [2.45, 2.75) is 18.8 Å². The van der Waals surface area contributed by atoms with E-state index in [1.54, 1.807) is 0 Å². The minimum absolute atomic E-state index is 0.784. The molecule has 66 valence electrons. The lowest BCUT2D eigenvalue weighted by Gasteiger charge is -1.95. The van der Waals surface area contributed by atoms with E-state index in [0.717, 1.165) is 10.9 Å². The van der Waals surface area contributed by atoms with Gasteiger partial charge in [-0.1, -0.05) is 11.6 Å². The highest BCUT2D eigenvalue weighted by atomic mass is 35.5. The highest BCUT2D eigenvalue weighted by Crippen LogP contribution is 2.43. The lowest BCUT2D eigenvalue weighted by atomic mass is 10.1. The Hall–Kier alpha value is -0.950. The average molecular weight is 192 g/mol. The van der Waals surface area contributed by atoms with Crippen LogP contribution in [-0.2, 0) is 0 Å². The summed E-state index contributed by atoms with van der Waals surface area (Å²) in [6.07, 6.45) is 4.79. The first kappa shape index (κ1) is 7.45. The number of rotatable bonds is 1. The quantitative estimate of drug-likeness (QED) is 0.708. The van der Waals surface area contributed by atoms with E-state index in [0.29, 0.717) is 0 Å². The largest absolute Gasteiger partial charge is 0.361 e. The molecule has 1 heterocycles. The fraction of sp³-hybridized carbons (Fsp3) is 0.273. The van der Waals surface area contributed by atoms with Crippen LogP contribution in [0.5, 0.6) is 0 Å². The molecule has 2 heteroatoms. The molecule has 0 aliphatic heterocycles. The van der Waals surface area contributed by atoms with Crippen molar-refractivity contribution in [3.05, 3.63) is 35.0 Å². The van der Waals surface area contributed by atoms with E-state index in [9.17, 15) is 0 Å². The van der Waals surface area contributed by atoms with Crippen LogP contribution in [0.3, 0.4) is 0 Å². The summed E-state index contributed by atoms with van der Waals surface area (Å²) in [5.74, 6) is 0.784. The minimum Gasteiger partial charge on any atom is -0.361 e. The molecule has 0 spiro atoms. The van der Waals surface area contributed by atoms with Gasteiger partial charge in [0.2, 0.25) is 0 Å². The Morgan fingerprint density at radius 1 is 1.31 bits per heavy atom. The fourth-order valence-corrected chi connectivity index (χ4v) is 2.02. The lowest BCUT2D eigenvalue weighted by molar-refractivity contribution is 1.15. The molecule has 0 unspecified atom stereocenters. The maximum absolute atomic E-state index is 5.96. The third-order valence-corrected chi connectivity index (χ3v) is 2.93. The second-order valence-corrected chi connectivity index (χ2v) is 4.14. The lowest BCUT2D eigenvalue weighted by Crippen LogP contribution is -1.74. The molecule has 0 atom stereocenters. The highest BCUT2D eigenvalue weighted by molar-refractivity contribution is 6.31. The fourth-order valence-electron chi connectivity index (χ4n) is 1.85. The maximum Gasteiger partial charge on any atom is 0.0457 e. The van der Waals surface area contributed by atoms with Gasteiger partial charge in [0.15, 0.2) is 0 Å². The predicted octanol–water partition coefficient (Wildman–Crippen LogP) is 3.70. The summed E-state index contributed by atoms with van der Waals surface area (Å²) in [6.45, 7) is 0. The maximum atomic E-state index is 5.96. The molecule has 1 fully saturated rings. The van der Waals surface area contributed by atoms with Gasteiger partial charge in [0.1, 0.15) is 0 Å². The van der Waals surface area contributed by atoms with Crippen LogP contribution in [0.15, 0.2) is 24.4 Å². The summed E-state index contributed by atoms with van der Waals surface area (Å²) in [7, 11) is 0. The Bertz CT molecular complexity index is 454. The van der Waals surface area contributed by atoms with Gasteiger partial charge in [0, 0.05) is 22.1 Å². The molecule has 0 saturated heterocycles. The zero-order valence-electron chi connectivity index (χ0n) is 7.18. The molecule has 1 N–H and O–H groups in total. The first-order chi connectivity index (χ1) is 6.34.